The van der Waals surface area contributed by atoms with Crippen molar-refractivity contribution in [2.45, 2.75) is 6.54 Å². The van der Waals surface area contributed by atoms with E-state index < -0.39 is 0 Å². The second-order valence-corrected chi connectivity index (χ2v) is 8.50. The molecule has 1 saturated heterocycles. The second kappa shape index (κ2) is 9.87. The number of aromatic nitrogens is 3. The van der Waals surface area contributed by atoms with Crippen LogP contribution < -0.4 is 5.32 Å². The van der Waals surface area contributed by atoms with E-state index in [0.29, 0.717) is 11.3 Å². The third-order valence-corrected chi connectivity index (χ3v) is 5.95. The van der Waals surface area contributed by atoms with Gasteiger partial charge in [0.2, 0.25) is 0 Å². The molecule has 2 aromatic heterocycles. The third-order valence-electron chi connectivity index (χ3n) is 5.95. The first kappa shape index (κ1) is 21.8. The summed E-state index contributed by atoms with van der Waals surface area (Å²) in [4.78, 5) is 21.9. The van der Waals surface area contributed by atoms with E-state index in [1.165, 1.54) is 5.56 Å². The summed E-state index contributed by atoms with van der Waals surface area (Å²) in [5.41, 5.74) is 4.78. The Balaban J connectivity index is 1.23. The van der Waals surface area contributed by atoms with Crippen molar-refractivity contribution in [2.75, 3.05) is 38.5 Å². The molecule has 0 spiro atoms. The van der Waals surface area contributed by atoms with Crippen molar-refractivity contribution < 1.29 is 4.79 Å². The molecular weight excluding hydrogens is 424 g/mol. The van der Waals surface area contributed by atoms with Gasteiger partial charge < -0.3 is 10.2 Å². The van der Waals surface area contributed by atoms with E-state index >= 15 is 0 Å². The lowest BCUT2D eigenvalue weighted by Gasteiger charge is -2.32. The summed E-state index contributed by atoms with van der Waals surface area (Å²) in [6.45, 7) is 5.32. The van der Waals surface area contributed by atoms with E-state index in [0.717, 1.165) is 49.6 Å². The minimum absolute atomic E-state index is 0.160. The number of nitrogens with one attached hydrogen (secondary N) is 1. The van der Waals surface area contributed by atoms with Crippen LogP contribution in [0.3, 0.4) is 0 Å². The summed E-state index contributed by atoms with van der Waals surface area (Å²) in [6.07, 6.45) is 3.39. The van der Waals surface area contributed by atoms with E-state index in [4.69, 9.17) is 0 Å². The molecule has 0 atom stereocenters. The van der Waals surface area contributed by atoms with Crippen molar-refractivity contribution in [2.24, 2.45) is 0 Å². The number of hydrogen-bond acceptors (Lipinski definition) is 5. The summed E-state index contributed by atoms with van der Waals surface area (Å²) in [6, 6.07) is 19.1. The van der Waals surface area contributed by atoms with Crippen LogP contribution in [0, 0.1) is 11.8 Å². The Kier molecular flexibility index (Phi) is 6.34. The number of benzene rings is 2. The number of carbonyl (C=O) groups excluding carboxylic acids is 1. The first-order valence-electron chi connectivity index (χ1n) is 11.4. The van der Waals surface area contributed by atoms with Crippen LogP contribution in [0.15, 0.2) is 73.1 Å². The molecular formula is C27H26N6O. The van der Waals surface area contributed by atoms with Crippen molar-refractivity contribution in [1.29, 1.82) is 0 Å². The fourth-order valence-corrected chi connectivity index (χ4v) is 3.95. The molecule has 7 heteroatoms. The molecule has 1 amide bonds. The van der Waals surface area contributed by atoms with Crippen molar-refractivity contribution in [3.05, 3.63) is 95.4 Å². The van der Waals surface area contributed by atoms with E-state index in [2.05, 4.69) is 56.2 Å². The van der Waals surface area contributed by atoms with Gasteiger partial charge in [-0.3, -0.25) is 9.69 Å². The zero-order valence-corrected chi connectivity index (χ0v) is 19.1. The predicted molar refractivity (Wildman–Crippen MR) is 133 cm³/mol. The number of amides is 1. The van der Waals surface area contributed by atoms with Gasteiger partial charge in [0.25, 0.3) is 5.91 Å². The number of likely N-dealkylation sites (N-methyl/N-ethyl adjacent to an activating group) is 1. The molecule has 1 fully saturated rings. The van der Waals surface area contributed by atoms with Gasteiger partial charge in [0.15, 0.2) is 5.65 Å². The zero-order chi connectivity index (χ0) is 23.3. The molecule has 0 bridgehead atoms. The molecule has 1 aliphatic rings. The standard InChI is InChI=1S/C27H26N6O/c1-31-14-16-32(17-15-31)20-22-7-10-24(11-8-22)30-27(34)23-5-2-4-21(18-23)9-12-25-19-28-26-6-3-13-29-33(25)26/h2-8,10-11,13,18-19H,14-17,20H2,1H3,(H,30,34). The molecule has 34 heavy (non-hydrogen) atoms. The SMILES string of the molecule is CN1CCN(Cc2ccc(NC(=O)c3cccc(C#Cc4cnc5cccnn45)c3)cc2)CC1. The van der Waals surface area contributed by atoms with Gasteiger partial charge in [0.1, 0.15) is 5.69 Å². The molecule has 0 saturated carbocycles. The molecule has 1 aliphatic heterocycles. The number of carbonyl (C=O) groups is 1. The van der Waals surface area contributed by atoms with Crippen LogP contribution in [0.1, 0.15) is 27.2 Å². The van der Waals surface area contributed by atoms with Crippen molar-refractivity contribution in [1.82, 2.24) is 24.4 Å². The van der Waals surface area contributed by atoms with E-state index in [9.17, 15) is 4.79 Å². The Bertz CT molecular complexity index is 1360. The molecule has 5 rings (SSSR count). The Morgan fingerprint density at radius 2 is 1.82 bits per heavy atom. The lowest BCUT2D eigenvalue weighted by molar-refractivity contribution is 0.102. The molecule has 0 unspecified atom stereocenters. The Morgan fingerprint density at radius 1 is 1.00 bits per heavy atom. The van der Waals surface area contributed by atoms with E-state index in [1.807, 2.05) is 36.4 Å². The maximum atomic E-state index is 12.8. The van der Waals surface area contributed by atoms with Gasteiger partial charge in [0.05, 0.1) is 6.20 Å². The number of rotatable bonds is 4. The minimum atomic E-state index is -0.160. The maximum Gasteiger partial charge on any atom is 0.255 e. The van der Waals surface area contributed by atoms with Gasteiger partial charge in [-0.25, -0.2) is 9.50 Å². The van der Waals surface area contributed by atoms with Crippen molar-refractivity contribution in [3.8, 4) is 11.8 Å². The van der Waals surface area contributed by atoms with Crippen LogP contribution in [0.25, 0.3) is 5.65 Å². The van der Waals surface area contributed by atoms with Crippen LogP contribution in [-0.4, -0.2) is 63.5 Å². The molecule has 4 aromatic rings. The van der Waals surface area contributed by atoms with Crippen molar-refractivity contribution in [3.63, 3.8) is 0 Å². The molecule has 7 nitrogen and oxygen atoms in total. The van der Waals surface area contributed by atoms with Gasteiger partial charge in [0, 0.05) is 55.7 Å². The van der Waals surface area contributed by atoms with Gasteiger partial charge in [-0.2, -0.15) is 5.10 Å². The summed E-state index contributed by atoms with van der Waals surface area (Å²) in [7, 11) is 2.16. The normalized spacial score (nSPS) is 14.5. The van der Waals surface area contributed by atoms with Crippen LogP contribution >= 0.6 is 0 Å². The van der Waals surface area contributed by atoms with E-state index in [-0.39, 0.29) is 5.91 Å². The van der Waals surface area contributed by atoms with Gasteiger partial charge in [-0.05, 0) is 61.0 Å². The minimum Gasteiger partial charge on any atom is -0.322 e. The maximum absolute atomic E-state index is 12.8. The highest BCUT2D eigenvalue weighted by Gasteiger charge is 2.14. The number of piperazine rings is 1. The lowest BCUT2D eigenvalue weighted by atomic mass is 10.1. The van der Waals surface area contributed by atoms with E-state index in [1.54, 1.807) is 29.0 Å². The van der Waals surface area contributed by atoms with Crippen LogP contribution in [0.4, 0.5) is 5.69 Å². The highest BCUT2D eigenvalue weighted by atomic mass is 16.1. The molecule has 170 valence electrons. The largest absolute Gasteiger partial charge is 0.322 e. The third kappa shape index (κ3) is 5.15. The summed E-state index contributed by atoms with van der Waals surface area (Å²) in [5, 5.41) is 7.26. The zero-order valence-electron chi connectivity index (χ0n) is 19.1. The molecule has 2 aromatic carbocycles. The number of nitrogens with zero attached hydrogens (tertiary/aromatic N) is 5. The van der Waals surface area contributed by atoms with Crippen LogP contribution in [0.2, 0.25) is 0 Å². The second-order valence-electron chi connectivity index (χ2n) is 8.50. The van der Waals surface area contributed by atoms with Crippen LogP contribution in [-0.2, 0) is 6.54 Å². The molecule has 0 aliphatic carbocycles. The monoisotopic (exact) mass is 450 g/mol. The predicted octanol–water partition coefficient (Wildman–Crippen LogP) is 3.13. The molecule has 0 radical (unpaired) electrons. The lowest BCUT2D eigenvalue weighted by Crippen LogP contribution is -2.43. The quantitative estimate of drug-likeness (QED) is 0.484. The number of hydrogen-bond donors (Lipinski definition) is 1. The first-order valence-corrected chi connectivity index (χ1v) is 11.4. The van der Waals surface area contributed by atoms with Crippen molar-refractivity contribution >= 4 is 17.2 Å². The average Bonchev–Trinajstić information content (AvgIpc) is 3.29. The fourth-order valence-electron chi connectivity index (χ4n) is 3.95. The average molecular weight is 451 g/mol. The summed E-state index contributed by atoms with van der Waals surface area (Å²) < 4.78 is 1.69. The van der Waals surface area contributed by atoms with Crippen LogP contribution in [0.5, 0.6) is 0 Å². The van der Waals surface area contributed by atoms with Gasteiger partial charge in [-0.15, -0.1) is 0 Å². The Morgan fingerprint density at radius 3 is 2.65 bits per heavy atom. The van der Waals surface area contributed by atoms with Gasteiger partial charge >= 0.3 is 0 Å². The first-order chi connectivity index (χ1) is 16.6. The fraction of sp³-hybridized carbons (Fsp3) is 0.222. The van der Waals surface area contributed by atoms with Gasteiger partial charge in [-0.1, -0.05) is 24.1 Å². The summed E-state index contributed by atoms with van der Waals surface area (Å²) >= 11 is 0. The smallest absolute Gasteiger partial charge is 0.255 e. The number of anilines is 1. The summed E-state index contributed by atoms with van der Waals surface area (Å²) in [5.74, 6) is 6.04. The highest BCUT2D eigenvalue weighted by Crippen LogP contribution is 2.15. The Labute approximate surface area is 199 Å². The highest BCUT2D eigenvalue weighted by molar-refractivity contribution is 6.04. The topological polar surface area (TPSA) is 65.8 Å². The Hall–Kier alpha value is -3.99. The molecule has 3 heterocycles. The molecule has 1 N–H and O–H groups in total. The number of imidazole rings is 1. The number of fused-ring (bicyclic) bond motifs is 1.